The van der Waals surface area contributed by atoms with Gasteiger partial charge in [-0.1, -0.05) is 59.6 Å². The predicted molar refractivity (Wildman–Crippen MR) is 193 cm³/mol. The Hall–Kier alpha value is -2.33. The normalized spacial score (nSPS) is 44.9. The number of fused-ring (bicyclic) bond motifs is 5. The van der Waals surface area contributed by atoms with Crippen molar-refractivity contribution in [3.63, 3.8) is 0 Å². The van der Waals surface area contributed by atoms with Crippen LogP contribution in [0.3, 0.4) is 0 Å². The number of ether oxygens (including phenoxy) is 2. The third-order valence-corrected chi connectivity index (χ3v) is 15.8. The molecule has 9 nitrogen and oxygen atoms in total. The van der Waals surface area contributed by atoms with Gasteiger partial charge in [0.1, 0.15) is 30.2 Å². The minimum Gasteiger partial charge on any atom is -0.394 e. The molecule has 3 saturated carbocycles. The Morgan fingerprint density at radius 1 is 1.10 bits per heavy atom. The lowest BCUT2D eigenvalue weighted by molar-refractivity contribution is -0.148. The summed E-state index contributed by atoms with van der Waals surface area (Å²) in [5.74, 6) is 4.87. The standard InChI is InChI=1S/C41H62N2O7/c1-19(12-13-20(2)45)28-14-15-29-32-21(3)22(4)33-25(7)36(24(6)27(9)41(33,11)34(32)23(5)26(8)40(28,29)10)50-37-35(47)30(18-44)49-38(37)43-17-16-31(46)42-39(43)48/h16-17,19,21-23,26,28-30,32,34-38,44,47H,12-15,18H2,1-11H3,(H,42,46,48)/t19?,21?,22?,23?,26?,28?,29?,30?,32?,34?,35?,36-,37?,38?,40?,41?/m1/s1. The van der Waals surface area contributed by atoms with Gasteiger partial charge < -0.3 is 24.5 Å². The number of carbonyl (C=O) groups is 1. The quantitative estimate of drug-likeness (QED) is 0.282. The van der Waals surface area contributed by atoms with E-state index in [-0.39, 0.29) is 10.8 Å². The molecule has 16 atom stereocenters. The van der Waals surface area contributed by atoms with E-state index in [0.29, 0.717) is 65.5 Å². The number of aromatic nitrogens is 2. The van der Waals surface area contributed by atoms with Gasteiger partial charge in [-0.25, -0.2) is 4.79 Å². The van der Waals surface area contributed by atoms with Crippen molar-refractivity contribution in [2.75, 3.05) is 6.61 Å². The van der Waals surface area contributed by atoms with Crippen LogP contribution in [0.1, 0.15) is 108 Å². The predicted octanol–water partition coefficient (Wildman–Crippen LogP) is 6.06. The van der Waals surface area contributed by atoms with Crippen LogP contribution in [0.5, 0.6) is 0 Å². The van der Waals surface area contributed by atoms with Crippen LogP contribution in [-0.4, -0.2) is 56.6 Å². The molecule has 4 aliphatic carbocycles. The van der Waals surface area contributed by atoms with Crippen molar-refractivity contribution < 1.29 is 24.5 Å². The lowest BCUT2D eigenvalue weighted by Crippen LogP contribution is -2.62. The Morgan fingerprint density at radius 2 is 1.78 bits per heavy atom. The monoisotopic (exact) mass is 694 g/mol. The fraction of sp³-hybridized carbons (Fsp3) is 0.780. The maximum absolute atomic E-state index is 12.9. The highest BCUT2D eigenvalue weighted by Gasteiger charge is 2.67. The Labute approximate surface area is 297 Å². The summed E-state index contributed by atoms with van der Waals surface area (Å²) in [6.45, 7) is 25.3. The van der Waals surface area contributed by atoms with Crippen molar-refractivity contribution in [2.45, 2.75) is 132 Å². The maximum atomic E-state index is 12.9. The number of nitrogens with zero attached hydrogens (tertiary/aromatic N) is 1. The molecule has 0 bridgehead atoms. The van der Waals surface area contributed by atoms with Crippen molar-refractivity contribution >= 4 is 5.78 Å². The number of Topliss-reactive ketones (excluding diaryl/α,β-unsaturated/α-hetero) is 1. The topological polar surface area (TPSA) is 131 Å². The molecule has 0 spiro atoms. The number of allylic oxidation sites excluding steroid dienone is 2. The first kappa shape index (κ1) is 37.4. The molecule has 1 aliphatic heterocycles. The van der Waals surface area contributed by atoms with E-state index in [1.165, 1.54) is 40.8 Å². The van der Waals surface area contributed by atoms with E-state index in [0.717, 1.165) is 17.6 Å². The molecule has 6 rings (SSSR count). The van der Waals surface area contributed by atoms with Gasteiger partial charge >= 0.3 is 5.69 Å². The van der Waals surface area contributed by atoms with E-state index >= 15 is 0 Å². The van der Waals surface area contributed by atoms with Crippen LogP contribution in [0, 0.1) is 64.1 Å². The number of hydrogen-bond donors (Lipinski definition) is 3. The van der Waals surface area contributed by atoms with Gasteiger partial charge in [0.05, 0.1) is 6.61 Å². The summed E-state index contributed by atoms with van der Waals surface area (Å²) in [5, 5.41) is 21.4. The molecule has 278 valence electrons. The number of H-pyrrole nitrogens is 1. The summed E-state index contributed by atoms with van der Waals surface area (Å²) in [4.78, 5) is 38.9. The summed E-state index contributed by atoms with van der Waals surface area (Å²) in [5.41, 5.74) is 3.93. The van der Waals surface area contributed by atoms with Crippen LogP contribution in [-0.2, 0) is 14.3 Å². The molecule has 15 unspecified atom stereocenters. The maximum Gasteiger partial charge on any atom is 0.330 e. The number of carbonyl (C=O) groups excluding carboxylic acids is 1. The van der Waals surface area contributed by atoms with Crippen molar-refractivity contribution in [3.8, 4) is 0 Å². The zero-order valence-corrected chi connectivity index (χ0v) is 32.2. The molecule has 0 radical (unpaired) electrons. The van der Waals surface area contributed by atoms with Crippen LogP contribution in [0.2, 0.25) is 0 Å². The van der Waals surface area contributed by atoms with Crippen molar-refractivity contribution in [1.29, 1.82) is 0 Å². The Bertz CT molecular complexity index is 1670. The first-order valence-corrected chi connectivity index (χ1v) is 19.2. The smallest absolute Gasteiger partial charge is 0.330 e. The van der Waals surface area contributed by atoms with Gasteiger partial charge in [-0.05, 0) is 117 Å². The number of hydrogen-bond acceptors (Lipinski definition) is 7. The zero-order valence-electron chi connectivity index (χ0n) is 32.2. The SMILES string of the molecule is CC(=O)CCC(C)C1CCC2C3C(C)C(C)C4=C(C)[C@H](OC5C(O)C(CO)OC5n5ccc(=O)[nH]c5=O)C(C)=C(C)C4(C)C3C(C)C(C)C12C. The average molecular weight is 695 g/mol. The number of aliphatic hydroxyl groups excluding tert-OH is 2. The van der Waals surface area contributed by atoms with Crippen molar-refractivity contribution in [2.24, 2.45) is 64.1 Å². The van der Waals surface area contributed by atoms with Gasteiger partial charge in [-0.15, -0.1) is 0 Å². The van der Waals surface area contributed by atoms with Gasteiger partial charge in [0, 0.05) is 24.1 Å². The Morgan fingerprint density at radius 3 is 2.40 bits per heavy atom. The average Bonchev–Trinajstić information content (AvgIpc) is 3.58. The summed E-state index contributed by atoms with van der Waals surface area (Å²) < 4.78 is 14.1. The highest BCUT2D eigenvalue weighted by Crippen LogP contribution is 2.73. The molecule has 5 aliphatic rings. The second-order valence-electron chi connectivity index (χ2n) is 17.6. The Kier molecular flexibility index (Phi) is 9.93. The summed E-state index contributed by atoms with van der Waals surface area (Å²) in [7, 11) is 0. The second kappa shape index (κ2) is 13.3. The fourth-order valence-corrected chi connectivity index (χ4v) is 12.9. The fourth-order valence-electron chi connectivity index (χ4n) is 12.9. The molecular weight excluding hydrogens is 632 g/mol. The van der Waals surface area contributed by atoms with Crippen LogP contribution in [0.4, 0.5) is 0 Å². The number of aromatic amines is 1. The molecule has 0 aromatic carbocycles. The van der Waals surface area contributed by atoms with E-state index < -0.39 is 48.5 Å². The first-order valence-electron chi connectivity index (χ1n) is 19.2. The first-order chi connectivity index (χ1) is 23.4. The highest BCUT2D eigenvalue weighted by atomic mass is 16.6. The van der Waals surface area contributed by atoms with Crippen LogP contribution in [0.15, 0.2) is 44.1 Å². The van der Waals surface area contributed by atoms with Gasteiger partial charge in [-0.2, -0.15) is 0 Å². The minimum atomic E-state index is -1.18. The molecule has 1 aromatic rings. The van der Waals surface area contributed by atoms with Crippen molar-refractivity contribution in [3.05, 3.63) is 55.4 Å². The van der Waals surface area contributed by atoms with E-state index in [2.05, 4.69) is 74.2 Å². The molecule has 50 heavy (non-hydrogen) atoms. The number of aliphatic hydroxyl groups is 2. The molecule has 1 saturated heterocycles. The summed E-state index contributed by atoms with van der Waals surface area (Å²) in [6, 6.07) is 1.24. The zero-order chi connectivity index (χ0) is 36.8. The van der Waals surface area contributed by atoms with E-state index in [1.54, 1.807) is 6.92 Å². The van der Waals surface area contributed by atoms with Crippen LogP contribution >= 0.6 is 0 Å². The van der Waals surface area contributed by atoms with Gasteiger partial charge in [-0.3, -0.25) is 14.3 Å². The van der Waals surface area contributed by atoms with Gasteiger partial charge in [0.25, 0.3) is 5.56 Å². The molecule has 1 aromatic heterocycles. The van der Waals surface area contributed by atoms with Gasteiger partial charge in [0.2, 0.25) is 0 Å². The highest BCUT2D eigenvalue weighted by molar-refractivity contribution is 5.75. The molecule has 0 amide bonds. The summed E-state index contributed by atoms with van der Waals surface area (Å²) >= 11 is 0. The van der Waals surface area contributed by atoms with E-state index in [4.69, 9.17) is 9.47 Å². The lowest BCUT2D eigenvalue weighted by atomic mass is 9.37. The molecule has 2 heterocycles. The van der Waals surface area contributed by atoms with Crippen molar-refractivity contribution in [1.82, 2.24) is 9.55 Å². The Balaban J connectivity index is 1.39. The number of nitrogens with one attached hydrogen (secondary N) is 1. The molecule has 4 fully saturated rings. The number of rotatable bonds is 8. The molecular formula is C41H62N2O7. The largest absolute Gasteiger partial charge is 0.394 e. The van der Waals surface area contributed by atoms with E-state index in [9.17, 15) is 24.6 Å². The van der Waals surface area contributed by atoms with Crippen LogP contribution in [0.25, 0.3) is 0 Å². The second-order valence-corrected chi connectivity index (χ2v) is 17.6. The minimum absolute atomic E-state index is 0.161. The number of ketones is 1. The molecule has 3 N–H and O–H groups in total. The third-order valence-electron chi connectivity index (χ3n) is 15.8. The van der Waals surface area contributed by atoms with Gasteiger partial charge in [0.15, 0.2) is 6.23 Å². The summed E-state index contributed by atoms with van der Waals surface area (Å²) in [6.07, 6.45) is 0.956. The third kappa shape index (κ3) is 5.34. The van der Waals surface area contributed by atoms with E-state index in [1.807, 2.05) is 0 Å². The lowest BCUT2D eigenvalue weighted by Gasteiger charge is -2.67. The molecule has 9 heteroatoms. The van der Waals surface area contributed by atoms with Crippen LogP contribution < -0.4 is 11.2 Å².